The fourth-order valence-electron chi connectivity index (χ4n) is 1.68. The molecular formula is C14H9ClF4N2OS. The number of thioether (sulfide) groups is 1. The molecule has 1 amide bonds. The van der Waals surface area contributed by atoms with Gasteiger partial charge in [0.1, 0.15) is 10.8 Å². The maximum atomic E-state index is 13.0. The smallest absolute Gasteiger partial charge is 0.348 e. The standard InChI is InChI=1S/C14H9ClF4N2OS/c15-10-6-8(3-4-11(10)16)7-21-12(22)9-2-1-5-20-13(9)23-14(17,18)19/h1-6H,7H2,(H,21,22). The monoisotopic (exact) mass is 364 g/mol. The summed E-state index contributed by atoms with van der Waals surface area (Å²) in [5, 5.41) is 1.91. The number of nitrogens with one attached hydrogen (secondary N) is 1. The molecule has 0 aliphatic carbocycles. The Kier molecular flexibility index (Phi) is 5.48. The number of nitrogens with zero attached hydrogens (tertiary/aromatic N) is 1. The Labute approximate surface area is 138 Å². The van der Waals surface area contributed by atoms with Gasteiger partial charge in [0.05, 0.1) is 10.6 Å². The largest absolute Gasteiger partial charge is 0.447 e. The van der Waals surface area contributed by atoms with Gasteiger partial charge in [-0.25, -0.2) is 9.37 Å². The third-order valence-corrected chi connectivity index (χ3v) is 3.71. The summed E-state index contributed by atoms with van der Waals surface area (Å²) in [7, 11) is 0. The second-order valence-corrected chi connectivity index (χ2v) is 5.80. The third kappa shape index (κ3) is 5.11. The number of benzene rings is 1. The molecule has 0 aliphatic heterocycles. The lowest BCUT2D eigenvalue weighted by Gasteiger charge is -2.10. The van der Waals surface area contributed by atoms with Crippen LogP contribution in [0.5, 0.6) is 0 Å². The summed E-state index contributed by atoms with van der Waals surface area (Å²) in [6, 6.07) is 6.49. The molecule has 2 aromatic rings. The van der Waals surface area contributed by atoms with Gasteiger partial charge in [-0.3, -0.25) is 4.79 Å². The van der Waals surface area contributed by atoms with Gasteiger partial charge >= 0.3 is 5.51 Å². The molecule has 0 radical (unpaired) electrons. The van der Waals surface area contributed by atoms with E-state index in [1.54, 1.807) is 0 Å². The van der Waals surface area contributed by atoms with E-state index in [4.69, 9.17) is 11.6 Å². The van der Waals surface area contributed by atoms with Crippen molar-refractivity contribution in [3.8, 4) is 0 Å². The first-order chi connectivity index (χ1) is 10.8. The Morgan fingerprint density at radius 2 is 2.04 bits per heavy atom. The van der Waals surface area contributed by atoms with Crippen LogP contribution in [0.1, 0.15) is 15.9 Å². The van der Waals surface area contributed by atoms with E-state index in [1.807, 2.05) is 0 Å². The SMILES string of the molecule is O=C(NCc1ccc(F)c(Cl)c1)c1cccnc1SC(F)(F)F. The number of carbonyl (C=O) groups excluding carboxylic acids is 1. The quantitative estimate of drug-likeness (QED) is 0.645. The van der Waals surface area contributed by atoms with Crippen molar-refractivity contribution in [2.75, 3.05) is 0 Å². The summed E-state index contributed by atoms with van der Waals surface area (Å²) in [4.78, 5) is 15.6. The van der Waals surface area contributed by atoms with E-state index in [1.165, 1.54) is 30.5 Å². The highest BCUT2D eigenvalue weighted by Gasteiger charge is 2.32. The summed E-state index contributed by atoms with van der Waals surface area (Å²) in [6.45, 7) is -0.0101. The number of halogens is 5. The zero-order chi connectivity index (χ0) is 17.0. The van der Waals surface area contributed by atoms with Crippen molar-refractivity contribution < 1.29 is 22.4 Å². The molecule has 1 heterocycles. The second kappa shape index (κ2) is 7.18. The number of pyridine rings is 1. The first-order valence-corrected chi connectivity index (χ1v) is 7.38. The molecule has 0 unspecified atom stereocenters. The molecule has 9 heteroatoms. The van der Waals surface area contributed by atoms with Gasteiger partial charge in [-0.1, -0.05) is 17.7 Å². The fourth-order valence-corrected chi connectivity index (χ4v) is 2.49. The highest BCUT2D eigenvalue weighted by Crippen LogP contribution is 2.37. The molecule has 0 saturated heterocycles. The minimum absolute atomic E-state index is 0.0101. The van der Waals surface area contributed by atoms with Crippen molar-refractivity contribution in [1.29, 1.82) is 0 Å². The summed E-state index contributed by atoms with van der Waals surface area (Å²) in [5.74, 6) is -1.32. The molecule has 0 fully saturated rings. The predicted octanol–water partition coefficient (Wildman–Crippen LogP) is 4.42. The summed E-state index contributed by atoms with van der Waals surface area (Å²) < 4.78 is 50.4. The molecule has 1 aromatic carbocycles. The third-order valence-electron chi connectivity index (χ3n) is 2.67. The summed E-state index contributed by atoms with van der Waals surface area (Å²) >= 11 is 5.16. The second-order valence-electron chi connectivity index (χ2n) is 4.34. The van der Waals surface area contributed by atoms with Crippen molar-refractivity contribution in [2.45, 2.75) is 17.1 Å². The Bertz CT molecular complexity index is 724. The lowest BCUT2D eigenvalue weighted by Crippen LogP contribution is -2.24. The van der Waals surface area contributed by atoms with Crippen LogP contribution in [0.25, 0.3) is 0 Å². The molecule has 2 rings (SSSR count). The average Bonchev–Trinajstić information content (AvgIpc) is 2.47. The van der Waals surface area contributed by atoms with Crippen LogP contribution in [0.15, 0.2) is 41.6 Å². The molecule has 0 atom stereocenters. The van der Waals surface area contributed by atoms with E-state index in [0.717, 1.165) is 6.07 Å². The molecule has 0 spiro atoms. The zero-order valence-corrected chi connectivity index (χ0v) is 12.9. The molecule has 0 aliphatic rings. The van der Waals surface area contributed by atoms with Gasteiger partial charge in [-0.05, 0) is 29.8 Å². The zero-order valence-electron chi connectivity index (χ0n) is 11.3. The van der Waals surface area contributed by atoms with Crippen LogP contribution in [0.2, 0.25) is 5.02 Å². The molecule has 3 nitrogen and oxygen atoms in total. The van der Waals surface area contributed by atoms with Gasteiger partial charge in [0.2, 0.25) is 0 Å². The number of amides is 1. The van der Waals surface area contributed by atoms with Crippen molar-refractivity contribution in [1.82, 2.24) is 10.3 Å². The van der Waals surface area contributed by atoms with Crippen LogP contribution in [-0.2, 0) is 6.54 Å². The number of hydrogen-bond donors (Lipinski definition) is 1. The topological polar surface area (TPSA) is 42.0 Å². The normalized spacial score (nSPS) is 11.3. The summed E-state index contributed by atoms with van der Waals surface area (Å²) in [5.41, 5.74) is -4.23. The molecule has 1 N–H and O–H groups in total. The molecule has 0 bridgehead atoms. The number of carbonyl (C=O) groups is 1. The van der Waals surface area contributed by atoms with E-state index in [-0.39, 0.29) is 17.1 Å². The molecular weight excluding hydrogens is 356 g/mol. The minimum atomic E-state index is -4.55. The van der Waals surface area contributed by atoms with Gasteiger partial charge in [0.15, 0.2) is 0 Å². The minimum Gasteiger partial charge on any atom is -0.348 e. The van der Waals surface area contributed by atoms with E-state index >= 15 is 0 Å². The Morgan fingerprint density at radius 3 is 2.70 bits per heavy atom. The van der Waals surface area contributed by atoms with E-state index in [2.05, 4.69) is 10.3 Å². The first kappa shape index (κ1) is 17.6. The van der Waals surface area contributed by atoms with Gasteiger partial charge in [0, 0.05) is 24.5 Å². The Balaban J connectivity index is 2.10. The van der Waals surface area contributed by atoms with E-state index < -0.39 is 34.0 Å². The van der Waals surface area contributed by atoms with Crippen LogP contribution in [0.4, 0.5) is 17.6 Å². The Morgan fingerprint density at radius 1 is 1.30 bits per heavy atom. The highest BCUT2D eigenvalue weighted by molar-refractivity contribution is 8.00. The highest BCUT2D eigenvalue weighted by atomic mass is 35.5. The number of alkyl halides is 3. The summed E-state index contributed by atoms with van der Waals surface area (Å²) in [6.07, 6.45) is 1.17. The van der Waals surface area contributed by atoms with Crippen LogP contribution >= 0.6 is 23.4 Å². The van der Waals surface area contributed by atoms with E-state index in [0.29, 0.717) is 5.56 Å². The van der Waals surface area contributed by atoms with Crippen molar-refractivity contribution in [3.05, 3.63) is 58.5 Å². The van der Waals surface area contributed by atoms with Gasteiger partial charge in [-0.2, -0.15) is 13.2 Å². The maximum absolute atomic E-state index is 13.0. The van der Waals surface area contributed by atoms with Gasteiger partial charge in [-0.15, -0.1) is 0 Å². The maximum Gasteiger partial charge on any atom is 0.447 e. The van der Waals surface area contributed by atoms with Crippen LogP contribution < -0.4 is 5.32 Å². The fraction of sp³-hybridized carbons (Fsp3) is 0.143. The average molecular weight is 365 g/mol. The molecule has 23 heavy (non-hydrogen) atoms. The number of hydrogen-bond acceptors (Lipinski definition) is 3. The van der Waals surface area contributed by atoms with E-state index in [9.17, 15) is 22.4 Å². The predicted molar refractivity (Wildman–Crippen MR) is 78.7 cm³/mol. The van der Waals surface area contributed by atoms with Crippen molar-refractivity contribution in [3.63, 3.8) is 0 Å². The van der Waals surface area contributed by atoms with Crippen molar-refractivity contribution >= 4 is 29.3 Å². The van der Waals surface area contributed by atoms with Crippen LogP contribution in [-0.4, -0.2) is 16.4 Å². The first-order valence-electron chi connectivity index (χ1n) is 6.19. The molecule has 0 saturated carbocycles. The molecule has 1 aromatic heterocycles. The number of rotatable bonds is 4. The van der Waals surface area contributed by atoms with Gasteiger partial charge < -0.3 is 5.32 Å². The lowest BCUT2D eigenvalue weighted by atomic mass is 10.2. The lowest BCUT2D eigenvalue weighted by molar-refractivity contribution is -0.0329. The van der Waals surface area contributed by atoms with Crippen LogP contribution in [0.3, 0.4) is 0 Å². The Hall–Kier alpha value is -1.80. The van der Waals surface area contributed by atoms with Crippen LogP contribution in [0, 0.1) is 5.82 Å². The van der Waals surface area contributed by atoms with Gasteiger partial charge in [0.25, 0.3) is 5.91 Å². The number of aromatic nitrogens is 1. The van der Waals surface area contributed by atoms with Crippen molar-refractivity contribution in [2.24, 2.45) is 0 Å². The molecule has 122 valence electrons.